The molecule has 0 bridgehead atoms. The maximum absolute atomic E-state index is 5.94. The van der Waals surface area contributed by atoms with Gasteiger partial charge in [0, 0.05) is 15.2 Å². The normalized spacial score (nSPS) is 10.3. The van der Waals surface area contributed by atoms with Gasteiger partial charge in [-0.05, 0) is 48.9 Å². The standard InChI is InChI=1S/C13H12BrClN2/c1-8-4-9(14)6-11(5-8)17-13-7-10(15)2-3-12(13)16/h2-7,17H,16H2,1H3. The highest BCUT2D eigenvalue weighted by molar-refractivity contribution is 9.10. The third-order valence-corrected chi connectivity index (χ3v) is 3.03. The molecule has 0 saturated heterocycles. The van der Waals surface area contributed by atoms with Gasteiger partial charge in [0.25, 0.3) is 0 Å². The van der Waals surface area contributed by atoms with Gasteiger partial charge in [0.15, 0.2) is 0 Å². The fraction of sp³-hybridized carbons (Fsp3) is 0.0769. The average molecular weight is 312 g/mol. The van der Waals surface area contributed by atoms with Gasteiger partial charge in [-0.3, -0.25) is 0 Å². The van der Waals surface area contributed by atoms with E-state index in [0.717, 1.165) is 15.8 Å². The van der Waals surface area contributed by atoms with E-state index in [1.807, 2.05) is 31.2 Å². The Kier molecular flexibility index (Phi) is 3.60. The van der Waals surface area contributed by atoms with E-state index in [4.69, 9.17) is 17.3 Å². The van der Waals surface area contributed by atoms with Crippen LogP contribution in [0.5, 0.6) is 0 Å². The van der Waals surface area contributed by atoms with Crippen molar-refractivity contribution in [1.29, 1.82) is 0 Å². The maximum atomic E-state index is 5.94. The summed E-state index contributed by atoms with van der Waals surface area (Å²) in [6.07, 6.45) is 0. The molecule has 0 aliphatic carbocycles. The Morgan fingerprint density at radius 3 is 2.65 bits per heavy atom. The first-order chi connectivity index (χ1) is 8.04. The van der Waals surface area contributed by atoms with Crippen molar-refractivity contribution < 1.29 is 0 Å². The summed E-state index contributed by atoms with van der Waals surface area (Å²) in [6.45, 7) is 2.04. The molecule has 0 aliphatic rings. The number of anilines is 3. The number of halogens is 2. The lowest BCUT2D eigenvalue weighted by atomic mass is 10.2. The van der Waals surface area contributed by atoms with E-state index < -0.39 is 0 Å². The van der Waals surface area contributed by atoms with Gasteiger partial charge in [0.1, 0.15) is 0 Å². The molecule has 2 aromatic rings. The zero-order chi connectivity index (χ0) is 12.4. The minimum absolute atomic E-state index is 0.661. The molecule has 0 radical (unpaired) electrons. The molecule has 0 aliphatic heterocycles. The van der Waals surface area contributed by atoms with E-state index in [2.05, 4.69) is 21.2 Å². The van der Waals surface area contributed by atoms with Crippen molar-refractivity contribution in [3.05, 3.63) is 51.5 Å². The summed E-state index contributed by atoms with van der Waals surface area (Å²) in [5.74, 6) is 0. The van der Waals surface area contributed by atoms with E-state index >= 15 is 0 Å². The van der Waals surface area contributed by atoms with Gasteiger partial charge >= 0.3 is 0 Å². The van der Waals surface area contributed by atoms with Crippen LogP contribution in [-0.2, 0) is 0 Å². The molecular formula is C13H12BrClN2. The Morgan fingerprint density at radius 2 is 1.94 bits per heavy atom. The third-order valence-electron chi connectivity index (χ3n) is 2.34. The SMILES string of the molecule is Cc1cc(Br)cc(Nc2cc(Cl)ccc2N)c1. The van der Waals surface area contributed by atoms with E-state index in [-0.39, 0.29) is 0 Å². The Morgan fingerprint density at radius 1 is 1.18 bits per heavy atom. The zero-order valence-corrected chi connectivity index (χ0v) is 11.6. The quantitative estimate of drug-likeness (QED) is 0.786. The van der Waals surface area contributed by atoms with E-state index in [1.54, 1.807) is 12.1 Å². The van der Waals surface area contributed by atoms with Crippen molar-refractivity contribution in [1.82, 2.24) is 0 Å². The number of nitrogens with two attached hydrogens (primary N) is 1. The molecule has 17 heavy (non-hydrogen) atoms. The minimum atomic E-state index is 0.661. The van der Waals surface area contributed by atoms with Crippen LogP contribution in [0.15, 0.2) is 40.9 Å². The van der Waals surface area contributed by atoms with Crippen molar-refractivity contribution in [2.75, 3.05) is 11.1 Å². The molecule has 0 amide bonds. The monoisotopic (exact) mass is 310 g/mol. The summed E-state index contributed by atoms with van der Waals surface area (Å²) >= 11 is 9.40. The molecule has 0 saturated carbocycles. The number of aryl methyl sites for hydroxylation is 1. The predicted molar refractivity (Wildman–Crippen MR) is 78.0 cm³/mol. The van der Waals surface area contributed by atoms with Crippen molar-refractivity contribution >= 4 is 44.6 Å². The number of nitrogen functional groups attached to an aromatic ring is 1. The number of hydrogen-bond donors (Lipinski definition) is 2. The first-order valence-corrected chi connectivity index (χ1v) is 6.31. The molecule has 2 nitrogen and oxygen atoms in total. The molecule has 3 N–H and O–H groups in total. The summed E-state index contributed by atoms with van der Waals surface area (Å²) in [7, 11) is 0. The second-order valence-electron chi connectivity index (χ2n) is 3.87. The van der Waals surface area contributed by atoms with E-state index in [0.29, 0.717) is 10.7 Å². The van der Waals surface area contributed by atoms with E-state index in [9.17, 15) is 0 Å². The van der Waals surface area contributed by atoms with Crippen molar-refractivity contribution in [2.45, 2.75) is 6.92 Å². The van der Waals surface area contributed by atoms with Gasteiger partial charge in [-0.1, -0.05) is 27.5 Å². The highest BCUT2D eigenvalue weighted by Crippen LogP contribution is 2.28. The fourth-order valence-corrected chi connectivity index (χ4v) is 2.38. The highest BCUT2D eigenvalue weighted by atomic mass is 79.9. The van der Waals surface area contributed by atoms with Crippen LogP contribution in [0.2, 0.25) is 5.02 Å². The van der Waals surface area contributed by atoms with Gasteiger partial charge < -0.3 is 11.1 Å². The largest absolute Gasteiger partial charge is 0.397 e. The smallest absolute Gasteiger partial charge is 0.0632 e. The maximum Gasteiger partial charge on any atom is 0.0632 e. The van der Waals surface area contributed by atoms with Crippen molar-refractivity contribution in [3.63, 3.8) is 0 Å². The molecular weight excluding hydrogens is 300 g/mol. The molecule has 2 aromatic carbocycles. The molecule has 0 heterocycles. The van der Waals surface area contributed by atoms with Crippen LogP contribution in [0.3, 0.4) is 0 Å². The number of hydrogen-bond acceptors (Lipinski definition) is 2. The molecule has 2 rings (SSSR count). The van der Waals surface area contributed by atoms with Crippen LogP contribution >= 0.6 is 27.5 Å². The second kappa shape index (κ2) is 4.98. The van der Waals surface area contributed by atoms with Gasteiger partial charge in [0.05, 0.1) is 11.4 Å². The Labute approximate surface area is 114 Å². The Hall–Kier alpha value is -1.19. The first-order valence-electron chi connectivity index (χ1n) is 5.14. The molecule has 0 unspecified atom stereocenters. The predicted octanol–water partition coefficient (Wildman–Crippen LogP) is 4.74. The fourth-order valence-electron chi connectivity index (χ4n) is 1.60. The van der Waals surface area contributed by atoms with Crippen LogP contribution in [0.25, 0.3) is 0 Å². The van der Waals surface area contributed by atoms with Crippen LogP contribution < -0.4 is 11.1 Å². The zero-order valence-electron chi connectivity index (χ0n) is 9.30. The minimum Gasteiger partial charge on any atom is -0.397 e. The molecule has 0 spiro atoms. The van der Waals surface area contributed by atoms with Crippen molar-refractivity contribution in [2.24, 2.45) is 0 Å². The number of nitrogens with one attached hydrogen (secondary N) is 1. The number of rotatable bonds is 2. The van der Waals surface area contributed by atoms with Gasteiger partial charge in [-0.15, -0.1) is 0 Å². The first kappa shape index (κ1) is 12.3. The lowest BCUT2D eigenvalue weighted by Crippen LogP contribution is -1.96. The van der Waals surface area contributed by atoms with Crippen LogP contribution in [0.1, 0.15) is 5.56 Å². The van der Waals surface area contributed by atoms with Gasteiger partial charge in [-0.25, -0.2) is 0 Å². The van der Waals surface area contributed by atoms with Crippen LogP contribution in [0, 0.1) is 6.92 Å². The molecule has 0 aromatic heterocycles. The molecule has 0 atom stereocenters. The Bertz CT molecular complexity index is 535. The van der Waals surface area contributed by atoms with Gasteiger partial charge in [0.2, 0.25) is 0 Å². The highest BCUT2D eigenvalue weighted by Gasteiger charge is 2.02. The summed E-state index contributed by atoms with van der Waals surface area (Å²) in [4.78, 5) is 0. The molecule has 4 heteroatoms. The van der Waals surface area contributed by atoms with Crippen LogP contribution in [0.4, 0.5) is 17.1 Å². The lowest BCUT2D eigenvalue weighted by Gasteiger charge is -2.11. The Balaban J connectivity index is 2.34. The van der Waals surface area contributed by atoms with Crippen molar-refractivity contribution in [3.8, 4) is 0 Å². The summed E-state index contributed by atoms with van der Waals surface area (Å²) in [6, 6.07) is 11.5. The average Bonchev–Trinajstić information content (AvgIpc) is 2.22. The summed E-state index contributed by atoms with van der Waals surface area (Å²) in [5.41, 5.74) is 9.52. The lowest BCUT2D eigenvalue weighted by molar-refractivity contribution is 1.43. The van der Waals surface area contributed by atoms with E-state index in [1.165, 1.54) is 5.56 Å². The van der Waals surface area contributed by atoms with Gasteiger partial charge in [-0.2, -0.15) is 0 Å². The summed E-state index contributed by atoms with van der Waals surface area (Å²) in [5, 5.41) is 3.92. The summed E-state index contributed by atoms with van der Waals surface area (Å²) < 4.78 is 1.03. The molecule has 0 fully saturated rings. The number of benzene rings is 2. The topological polar surface area (TPSA) is 38.0 Å². The second-order valence-corrected chi connectivity index (χ2v) is 5.23. The molecule has 88 valence electrons. The van der Waals surface area contributed by atoms with Crippen LogP contribution in [-0.4, -0.2) is 0 Å². The third kappa shape index (κ3) is 3.14.